The van der Waals surface area contributed by atoms with Crippen LogP contribution < -0.4 is 10.2 Å². The fourth-order valence-corrected chi connectivity index (χ4v) is 3.38. The minimum atomic E-state index is -0.593. The van der Waals surface area contributed by atoms with E-state index in [2.05, 4.69) is 20.4 Å². The number of carbonyl (C=O) groups excluding carboxylic acids is 1. The van der Waals surface area contributed by atoms with Crippen molar-refractivity contribution in [1.29, 1.82) is 0 Å². The molecule has 9 heteroatoms. The van der Waals surface area contributed by atoms with Gasteiger partial charge in [-0.15, -0.1) is 0 Å². The number of nitrogens with one attached hydrogen (secondary N) is 1. The second-order valence-corrected chi connectivity index (χ2v) is 7.11. The van der Waals surface area contributed by atoms with Crippen LogP contribution in [0.4, 0.5) is 10.3 Å². The SMILES string of the molecule is Cn1cc(-c2ccnc(N3CCC(NC(=O)c4cc(Cl)ccc4F)C3)n2)cn1. The molecule has 144 valence electrons. The molecule has 0 saturated carbocycles. The average molecular weight is 401 g/mol. The van der Waals surface area contributed by atoms with Crippen LogP contribution in [-0.4, -0.2) is 44.8 Å². The zero-order valence-corrected chi connectivity index (χ0v) is 15.9. The van der Waals surface area contributed by atoms with Crippen LogP contribution in [0.2, 0.25) is 5.02 Å². The van der Waals surface area contributed by atoms with Gasteiger partial charge >= 0.3 is 0 Å². The van der Waals surface area contributed by atoms with Gasteiger partial charge in [0, 0.05) is 49.2 Å². The number of benzene rings is 1. The van der Waals surface area contributed by atoms with Gasteiger partial charge in [0.15, 0.2) is 0 Å². The molecule has 0 bridgehead atoms. The molecule has 1 unspecified atom stereocenters. The molecule has 1 saturated heterocycles. The fourth-order valence-electron chi connectivity index (χ4n) is 3.21. The van der Waals surface area contributed by atoms with Crippen LogP contribution in [0.1, 0.15) is 16.8 Å². The van der Waals surface area contributed by atoms with E-state index in [9.17, 15) is 9.18 Å². The number of carbonyl (C=O) groups is 1. The topological polar surface area (TPSA) is 75.9 Å². The van der Waals surface area contributed by atoms with Crippen LogP contribution in [0.5, 0.6) is 0 Å². The van der Waals surface area contributed by atoms with Gasteiger partial charge < -0.3 is 10.2 Å². The lowest BCUT2D eigenvalue weighted by atomic mass is 10.1. The Bertz CT molecular complexity index is 1020. The van der Waals surface area contributed by atoms with Crippen LogP contribution in [0.3, 0.4) is 0 Å². The van der Waals surface area contributed by atoms with E-state index in [1.807, 2.05) is 24.2 Å². The van der Waals surface area contributed by atoms with Gasteiger partial charge in [0.05, 0.1) is 17.5 Å². The number of anilines is 1. The largest absolute Gasteiger partial charge is 0.347 e. The maximum atomic E-state index is 13.9. The summed E-state index contributed by atoms with van der Waals surface area (Å²) in [6, 6.07) is 5.64. The lowest BCUT2D eigenvalue weighted by Crippen LogP contribution is -2.37. The predicted molar refractivity (Wildman–Crippen MR) is 104 cm³/mol. The molecule has 0 aliphatic carbocycles. The van der Waals surface area contributed by atoms with Crippen molar-refractivity contribution in [2.75, 3.05) is 18.0 Å². The molecular formula is C19H18ClFN6O. The molecule has 1 aliphatic heterocycles. The van der Waals surface area contributed by atoms with E-state index in [4.69, 9.17) is 11.6 Å². The molecule has 28 heavy (non-hydrogen) atoms. The number of rotatable bonds is 4. The van der Waals surface area contributed by atoms with Crippen LogP contribution in [-0.2, 0) is 7.05 Å². The van der Waals surface area contributed by atoms with Crippen LogP contribution in [0, 0.1) is 5.82 Å². The van der Waals surface area contributed by atoms with Gasteiger partial charge in [-0.1, -0.05) is 11.6 Å². The summed E-state index contributed by atoms with van der Waals surface area (Å²) in [5, 5.41) is 7.35. The molecule has 1 aliphatic rings. The highest BCUT2D eigenvalue weighted by atomic mass is 35.5. The summed E-state index contributed by atoms with van der Waals surface area (Å²) in [6.45, 7) is 1.24. The molecule has 3 aromatic rings. The van der Waals surface area contributed by atoms with Gasteiger partial charge in [-0.2, -0.15) is 5.10 Å². The van der Waals surface area contributed by atoms with Gasteiger partial charge in [0.2, 0.25) is 5.95 Å². The second kappa shape index (κ2) is 7.55. The maximum absolute atomic E-state index is 13.9. The third-order valence-electron chi connectivity index (χ3n) is 4.62. The molecule has 4 rings (SSSR count). The Kier molecular flexibility index (Phi) is 4.95. The first kappa shape index (κ1) is 18.4. The summed E-state index contributed by atoms with van der Waals surface area (Å²) < 4.78 is 15.6. The summed E-state index contributed by atoms with van der Waals surface area (Å²) in [5.41, 5.74) is 1.64. The summed E-state index contributed by atoms with van der Waals surface area (Å²) in [6.07, 6.45) is 6.06. The molecule has 1 atom stereocenters. The Labute approximate surface area is 166 Å². The van der Waals surface area contributed by atoms with Crippen molar-refractivity contribution >= 4 is 23.5 Å². The minimum absolute atomic E-state index is 0.0548. The predicted octanol–water partition coefficient (Wildman–Crippen LogP) is 2.68. The maximum Gasteiger partial charge on any atom is 0.254 e. The third-order valence-corrected chi connectivity index (χ3v) is 4.86. The Morgan fingerprint density at radius 1 is 1.36 bits per heavy atom. The number of hydrogen-bond acceptors (Lipinski definition) is 5. The Hall–Kier alpha value is -3.00. The summed E-state index contributed by atoms with van der Waals surface area (Å²) in [4.78, 5) is 23.3. The van der Waals surface area contributed by atoms with Crippen molar-refractivity contribution < 1.29 is 9.18 Å². The van der Waals surface area contributed by atoms with Crippen molar-refractivity contribution in [1.82, 2.24) is 25.1 Å². The molecule has 7 nitrogen and oxygen atoms in total. The monoisotopic (exact) mass is 400 g/mol. The molecule has 1 N–H and O–H groups in total. The number of hydrogen-bond donors (Lipinski definition) is 1. The number of amides is 1. The standard InChI is InChI=1S/C19H18ClFN6O/c1-26-10-12(9-23-26)17-4-6-22-19(25-17)27-7-5-14(11-27)24-18(28)15-8-13(20)2-3-16(15)21/h2-4,6,8-10,14H,5,7,11H2,1H3,(H,24,28). The fraction of sp³-hybridized carbons (Fsp3) is 0.263. The highest BCUT2D eigenvalue weighted by Gasteiger charge is 2.27. The number of aryl methyl sites for hydroxylation is 1. The van der Waals surface area contributed by atoms with Crippen LogP contribution >= 0.6 is 11.6 Å². The minimum Gasteiger partial charge on any atom is -0.347 e. The molecule has 2 aromatic heterocycles. The molecule has 1 fully saturated rings. The van der Waals surface area contributed by atoms with E-state index in [0.717, 1.165) is 11.3 Å². The Morgan fingerprint density at radius 3 is 3.00 bits per heavy atom. The summed E-state index contributed by atoms with van der Waals surface area (Å²) >= 11 is 5.87. The molecule has 0 radical (unpaired) electrons. The lowest BCUT2D eigenvalue weighted by molar-refractivity contribution is 0.0936. The second-order valence-electron chi connectivity index (χ2n) is 6.67. The van der Waals surface area contributed by atoms with E-state index in [1.54, 1.807) is 17.1 Å². The molecule has 1 aromatic carbocycles. The summed E-state index contributed by atoms with van der Waals surface area (Å²) in [7, 11) is 1.85. The van der Waals surface area contributed by atoms with Crippen molar-refractivity contribution in [3.63, 3.8) is 0 Å². The molecular weight excluding hydrogens is 383 g/mol. The number of nitrogens with zero attached hydrogens (tertiary/aromatic N) is 5. The Balaban J connectivity index is 1.44. The molecule has 1 amide bonds. The van der Waals surface area contributed by atoms with E-state index in [1.165, 1.54) is 18.2 Å². The first-order valence-corrected chi connectivity index (χ1v) is 9.20. The van der Waals surface area contributed by atoms with Gasteiger partial charge in [-0.05, 0) is 30.7 Å². The number of aromatic nitrogens is 4. The highest BCUT2D eigenvalue weighted by molar-refractivity contribution is 6.31. The van der Waals surface area contributed by atoms with Crippen molar-refractivity contribution in [3.8, 4) is 11.3 Å². The average Bonchev–Trinajstić information content (AvgIpc) is 3.33. The van der Waals surface area contributed by atoms with Crippen LogP contribution in [0.15, 0.2) is 42.9 Å². The van der Waals surface area contributed by atoms with E-state index >= 15 is 0 Å². The Morgan fingerprint density at radius 2 is 2.21 bits per heavy atom. The zero-order valence-electron chi connectivity index (χ0n) is 15.1. The first-order chi connectivity index (χ1) is 13.5. The quantitative estimate of drug-likeness (QED) is 0.728. The van der Waals surface area contributed by atoms with Crippen molar-refractivity contribution in [2.24, 2.45) is 7.05 Å². The number of halogens is 2. The van der Waals surface area contributed by atoms with Gasteiger partial charge in [0.1, 0.15) is 5.82 Å². The van der Waals surface area contributed by atoms with E-state index in [-0.39, 0.29) is 11.6 Å². The van der Waals surface area contributed by atoms with Gasteiger partial charge in [0.25, 0.3) is 5.91 Å². The van der Waals surface area contributed by atoms with Gasteiger partial charge in [-0.25, -0.2) is 14.4 Å². The lowest BCUT2D eigenvalue weighted by Gasteiger charge is -2.17. The van der Waals surface area contributed by atoms with Gasteiger partial charge in [-0.3, -0.25) is 9.48 Å². The van der Waals surface area contributed by atoms with Crippen LogP contribution in [0.25, 0.3) is 11.3 Å². The normalized spacial score (nSPS) is 16.4. The van der Waals surface area contributed by atoms with E-state index < -0.39 is 11.7 Å². The first-order valence-electron chi connectivity index (χ1n) is 8.82. The smallest absolute Gasteiger partial charge is 0.254 e. The molecule has 0 spiro atoms. The molecule has 3 heterocycles. The highest BCUT2D eigenvalue weighted by Crippen LogP contribution is 2.21. The summed E-state index contributed by atoms with van der Waals surface area (Å²) in [5.74, 6) is -0.479. The van der Waals surface area contributed by atoms with E-state index in [0.29, 0.717) is 30.5 Å². The van der Waals surface area contributed by atoms with Crippen molar-refractivity contribution in [2.45, 2.75) is 12.5 Å². The third kappa shape index (κ3) is 3.82. The zero-order chi connectivity index (χ0) is 19.7. The van der Waals surface area contributed by atoms with Crippen molar-refractivity contribution in [3.05, 3.63) is 59.3 Å².